The Balaban J connectivity index is 1.97. The molecule has 0 aliphatic carbocycles. The largest absolute Gasteiger partial charge is 0.496 e. The lowest BCUT2D eigenvalue weighted by atomic mass is 9.99. The van der Waals surface area contributed by atoms with Gasteiger partial charge in [-0.1, -0.05) is 19.1 Å². The second-order valence-electron chi connectivity index (χ2n) is 7.46. The lowest BCUT2D eigenvalue weighted by Gasteiger charge is -2.09. The highest BCUT2D eigenvalue weighted by Gasteiger charge is 2.14. The maximum absolute atomic E-state index is 11.3. The van der Waals surface area contributed by atoms with Crippen molar-refractivity contribution in [2.45, 2.75) is 45.6 Å². The summed E-state index contributed by atoms with van der Waals surface area (Å²) >= 11 is 0. The fraction of sp³-hybridized carbons (Fsp3) is 0.333. The zero-order valence-corrected chi connectivity index (χ0v) is 17.4. The van der Waals surface area contributed by atoms with Crippen LogP contribution in [-0.4, -0.2) is 33.8 Å². The Kier molecular flexibility index (Phi) is 6.77. The fourth-order valence-corrected chi connectivity index (χ4v) is 3.81. The number of rotatable bonds is 10. The zero-order valence-electron chi connectivity index (χ0n) is 17.4. The fourth-order valence-electron chi connectivity index (χ4n) is 3.81. The van der Waals surface area contributed by atoms with Gasteiger partial charge in [0, 0.05) is 36.5 Å². The minimum atomic E-state index is -0.981. The Morgan fingerprint density at radius 1 is 1.07 bits per heavy atom. The minimum absolute atomic E-state index is 0.162. The van der Waals surface area contributed by atoms with Crippen LogP contribution in [0.2, 0.25) is 0 Å². The van der Waals surface area contributed by atoms with Crippen LogP contribution >= 0.6 is 0 Å². The molecule has 0 spiro atoms. The molecule has 2 N–H and O–H groups in total. The Morgan fingerprint density at radius 2 is 1.87 bits per heavy atom. The molecular formula is C24H27NO5. The van der Waals surface area contributed by atoms with Gasteiger partial charge < -0.3 is 19.5 Å². The van der Waals surface area contributed by atoms with Crippen molar-refractivity contribution in [2.75, 3.05) is 7.11 Å². The van der Waals surface area contributed by atoms with Gasteiger partial charge in [0.05, 0.1) is 12.7 Å². The summed E-state index contributed by atoms with van der Waals surface area (Å²) in [5.41, 5.74) is 4.53. The van der Waals surface area contributed by atoms with Crippen LogP contribution in [0.4, 0.5) is 0 Å². The number of fused-ring (bicyclic) bond motifs is 1. The van der Waals surface area contributed by atoms with E-state index >= 15 is 0 Å². The van der Waals surface area contributed by atoms with Gasteiger partial charge in [-0.15, -0.1) is 0 Å². The molecule has 3 rings (SSSR count). The SMILES string of the molecule is CCCn1cc(Cc2ccc(C(=O)O)cc2OC)c2cc(CCCC(=O)O)ccc21. The average molecular weight is 409 g/mol. The van der Waals surface area contributed by atoms with Crippen molar-refractivity contribution in [3.05, 3.63) is 64.8 Å². The van der Waals surface area contributed by atoms with Crippen LogP contribution in [0.15, 0.2) is 42.6 Å². The molecule has 6 nitrogen and oxygen atoms in total. The van der Waals surface area contributed by atoms with E-state index in [9.17, 15) is 14.7 Å². The number of benzene rings is 2. The first kappa shape index (κ1) is 21.4. The van der Waals surface area contributed by atoms with Gasteiger partial charge in [0.15, 0.2) is 0 Å². The van der Waals surface area contributed by atoms with E-state index in [0.29, 0.717) is 18.6 Å². The van der Waals surface area contributed by atoms with Crippen LogP contribution in [0.3, 0.4) is 0 Å². The van der Waals surface area contributed by atoms with E-state index in [0.717, 1.165) is 47.0 Å². The van der Waals surface area contributed by atoms with E-state index in [4.69, 9.17) is 9.84 Å². The molecule has 3 aromatic rings. The van der Waals surface area contributed by atoms with Gasteiger partial charge in [0.25, 0.3) is 0 Å². The van der Waals surface area contributed by atoms with Crippen molar-refractivity contribution in [3.63, 3.8) is 0 Å². The van der Waals surface area contributed by atoms with E-state index in [1.165, 1.54) is 0 Å². The van der Waals surface area contributed by atoms with E-state index in [1.807, 2.05) is 6.07 Å². The highest BCUT2D eigenvalue weighted by atomic mass is 16.5. The van der Waals surface area contributed by atoms with Crippen molar-refractivity contribution >= 4 is 22.8 Å². The number of carboxylic acids is 2. The van der Waals surface area contributed by atoms with Crippen LogP contribution in [-0.2, 0) is 24.2 Å². The number of ether oxygens (including phenoxy) is 1. The summed E-state index contributed by atoms with van der Waals surface area (Å²) in [5.74, 6) is -1.20. The third kappa shape index (κ3) is 4.82. The molecule has 1 heterocycles. The molecule has 0 bridgehead atoms. The molecule has 0 fully saturated rings. The Labute approximate surface area is 175 Å². The van der Waals surface area contributed by atoms with Crippen LogP contribution in [0.1, 0.15) is 53.2 Å². The number of hydrogen-bond donors (Lipinski definition) is 2. The van der Waals surface area contributed by atoms with Crippen molar-refractivity contribution in [3.8, 4) is 5.75 Å². The number of carbonyl (C=O) groups is 2. The van der Waals surface area contributed by atoms with Crippen LogP contribution in [0, 0.1) is 0 Å². The molecule has 0 saturated carbocycles. The molecule has 0 amide bonds. The van der Waals surface area contributed by atoms with Gasteiger partial charge in [0.2, 0.25) is 0 Å². The van der Waals surface area contributed by atoms with Crippen LogP contribution in [0.25, 0.3) is 10.9 Å². The molecule has 0 aliphatic heterocycles. The minimum Gasteiger partial charge on any atom is -0.496 e. The number of aromatic nitrogens is 1. The lowest BCUT2D eigenvalue weighted by molar-refractivity contribution is -0.137. The lowest BCUT2D eigenvalue weighted by Crippen LogP contribution is -2.00. The maximum atomic E-state index is 11.3. The first-order valence-corrected chi connectivity index (χ1v) is 10.2. The maximum Gasteiger partial charge on any atom is 0.335 e. The van der Waals surface area contributed by atoms with E-state index < -0.39 is 11.9 Å². The Bertz CT molecular complexity index is 1070. The number of aryl methyl sites for hydroxylation is 2. The molecule has 6 heteroatoms. The summed E-state index contributed by atoms with van der Waals surface area (Å²) < 4.78 is 7.69. The molecule has 0 atom stereocenters. The van der Waals surface area contributed by atoms with E-state index in [1.54, 1.807) is 19.2 Å². The summed E-state index contributed by atoms with van der Waals surface area (Å²) in [6, 6.07) is 11.3. The van der Waals surface area contributed by atoms with Crippen molar-refractivity contribution in [1.82, 2.24) is 4.57 Å². The topological polar surface area (TPSA) is 88.8 Å². The summed E-state index contributed by atoms with van der Waals surface area (Å²) in [4.78, 5) is 22.1. The van der Waals surface area contributed by atoms with Gasteiger partial charge >= 0.3 is 11.9 Å². The normalized spacial score (nSPS) is 11.0. The average Bonchev–Trinajstić information content (AvgIpc) is 3.05. The van der Waals surface area contributed by atoms with Gasteiger partial charge in [-0.05, 0) is 60.2 Å². The molecular weight excluding hydrogens is 382 g/mol. The van der Waals surface area contributed by atoms with Crippen molar-refractivity contribution < 1.29 is 24.5 Å². The molecule has 2 aromatic carbocycles. The van der Waals surface area contributed by atoms with E-state index in [-0.39, 0.29) is 12.0 Å². The number of carboxylic acid groups (broad SMARTS) is 2. The van der Waals surface area contributed by atoms with Gasteiger partial charge in [-0.25, -0.2) is 4.79 Å². The second-order valence-corrected chi connectivity index (χ2v) is 7.46. The molecule has 158 valence electrons. The summed E-state index contributed by atoms with van der Waals surface area (Å²) in [6.07, 6.45) is 5.28. The molecule has 0 aliphatic rings. The predicted octanol–water partition coefficient (Wildman–Crippen LogP) is 4.76. The highest BCUT2D eigenvalue weighted by molar-refractivity contribution is 5.88. The predicted molar refractivity (Wildman–Crippen MR) is 116 cm³/mol. The molecule has 30 heavy (non-hydrogen) atoms. The Hall–Kier alpha value is -3.28. The zero-order chi connectivity index (χ0) is 21.7. The van der Waals surface area contributed by atoms with Crippen LogP contribution < -0.4 is 4.74 Å². The van der Waals surface area contributed by atoms with Gasteiger partial charge in [0.1, 0.15) is 5.75 Å². The summed E-state index contributed by atoms with van der Waals surface area (Å²) in [7, 11) is 1.55. The molecule has 0 unspecified atom stereocenters. The van der Waals surface area contributed by atoms with Crippen molar-refractivity contribution in [1.29, 1.82) is 0 Å². The van der Waals surface area contributed by atoms with E-state index in [2.05, 4.69) is 35.9 Å². The summed E-state index contributed by atoms with van der Waals surface area (Å²) in [6.45, 7) is 3.05. The number of methoxy groups -OCH3 is 1. The van der Waals surface area contributed by atoms with Gasteiger partial charge in [-0.2, -0.15) is 0 Å². The number of aromatic carboxylic acids is 1. The Morgan fingerprint density at radius 3 is 2.53 bits per heavy atom. The number of nitrogens with zero attached hydrogens (tertiary/aromatic N) is 1. The molecule has 0 radical (unpaired) electrons. The van der Waals surface area contributed by atoms with Crippen molar-refractivity contribution in [2.24, 2.45) is 0 Å². The second kappa shape index (κ2) is 9.48. The molecule has 0 saturated heterocycles. The monoisotopic (exact) mass is 409 g/mol. The number of hydrogen-bond acceptors (Lipinski definition) is 3. The smallest absolute Gasteiger partial charge is 0.335 e. The summed E-state index contributed by atoms with van der Waals surface area (Å²) in [5, 5.41) is 19.3. The first-order chi connectivity index (χ1) is 14.4. The third-order valence-electron chi connectivity index (χ3n) is 5.26. The quantitative estimate of drug-likeness (QED) is 0.504. The number of aliphatic carboxylic acids is 1. The highest BCUT2D eigenvalue weighted by Crippen LogP contribution is 2.29. The van der Waals surface area contributed by atoms with Gasteiger partial charge in [-0.3, -0.25) is 4.79 Å². The van der Waals surface area contributed by atoms with Crippen LogP contribution in [0.5, 0.6) is 5.75 Å². The molecule has 1 aromatic heterocycles. The third-order valence-corrected chi connectivity index (χ3v) is 5.26. The standard InChI is InChI=1S/C24H27NO5/c1-3-11-25-15-19(13-17-8-9-18(24(28)29)14-22(17)30-2)20-12-16(7-10-21(20)25)5-4-6-23(26)27/h7-10,12,14-15H,3-6,11,13H2,1-2H3,(H,26,27)(H,28,29). The first-order valence-electron chi connectivity index (χ1n) is 10.2.